The first-order chi connectivity index (χ1) is 7.27. The second-order valence-electron chi connectivity index (χ2n) is 3.73. The molecule has 0 atom stereocenters. The number of hydrogen-bond donors (Lipinski definition) is 1. The number of amidine groups is 1. The third-order valence-electron chi connectivity index (χ3n) is 2.28. The van der Waals surface area contributed by atoms with Gasteiger partial charge in [0.15, 0.2) is 0 Å². The van der Waals surface area contributed by atoms with Crippen LogP contribution in [0.1, 0.15) is 38.7 Å². The van der Waals surface area contributed by atoms with Crippen molar-refractivity contribution in [3.63, 3.8) is 0 Å². The molecular weight excluding hydrogens is 184 g/mol. The van der Waals surface area contributed by atoms with Gasteiger partial charge in [-0.05, 0) is 24.5 Å². The molecule has 0 heterocycles. The molecule has 0 aliphatic rings. The Bertz CT molecular complexity index is 329. The zero-order valence-corrected chi connectivity index (χ0v) is 9.66. The summed E-state index contributed by atoms with van der Waals surface area (Å²) in [7, 11) is 0. The minimum atomic E-state index is 0.737. The van der Waals surface area contributed by atoms with Gasteiger partial charge in [-0.15, -0.1) is 0 Å². The van der Waals surface area contributed by atoms with E-state index in [9.17, 15) is 0 Å². The predicted octanol–water partition coefficient (Wildman–Crippen LogP) is 3.43. The van der Waals surface area contributed by atoms with Gasteiger partial charge >= 0.3 is 0 Å². The Morgan fingerprint density at radius 2 is 1.93 bits per heavy atom. The van der Waals surface area contributed by atoms with E-state index in [4.69, 9.17) is 5.73 Å². The van der Waals surface area contributed by atoms with Gasteiger partial charge < -0.3 is 5.73 Å². The van der Waals surface area contributed by atoms with Gasteiger partial charge in [0.25, 0.3) is 0 Å². The molecule has 0 bridgehead atoms. The van der Waals surface area contributed by atoms with Crippen LogP contribution in [-0.4, -0.2) is 5.84 Å². The standard InChI is InChI=1S/C13H20N2/c1-3-7-11-9-5-6-10-12(11)15-13(14)8-4-2/h5-6,9-10H,3-4,7-8H2,1-2H3,(H2,14,15). The molecular formula is C13H20N2. The van der Waals surface area contributed by atoms with E-state index in [-0.39, 0.29) is 0 Å². The Morgan fingerprint density at radius 1 is 1.20 bits per heavy atom. The van der Waals surface area contributed by atoms with Crippen LogP contribution in [-0.2, 0) is 6.42 Å². The van der Waals surface area contributed by atoms with Gasteiger partial charge in [-0.25, -0.2) is 4.99 Å². The summed E-state index contributed by atoms with van der Waals surface area (Å²) in [6.07, 6.45) is 4.13. The Balaban J connectivity index is 2.87. The quantitative estimate of drug-likeness (QED) is 0.579. The van der Waals surface area contributed by atoms with Gasteiger partial charge in [0.1, 0.15) is 0 Å². The fourth-order valence-corrected chi connectivity index (χ4v) is 1.57. The van der Waals surface area contributed by atoms with Crippen molar-refractivity contribution in [2.45, 2.75) is 39.5 Å². The van der Waals surface area contributed by atoms with Gasteiger partial charge in [-0.3, -0.25) is 0 Å². The third-order valence-corrected chi connectivity index (χ3v) is 2.28. The average molecular weight is 204 g/mol. The van der Waals surface area contributed by atoms with Crippen molar-refractivity contribution in [2.24, 2.45) is 10.7 Å². The molecule has 2 N–H and O–H groups in total. The zero-order valence-electron chi connectivity index (χ0n) is 9.66. The van der Waals surface area contributed by atoms with Crippen molar-refractivity contribution in [3.05, 3.63) is 29.8 Å². The lowest BCUT2D eigenvalue weighted by atomic mass is 10.1. The zero-order chi connectivity index (χ0) is 11.1. The average Bonchev–Trinajstić information content (AvgIpc) is 2.21. The molecule has 0 fully saturated rings. The molecule has 0 aromatic heterocycles. The van der Waals surface area contributed by atoms with E-state index in [1.165, 1.54) is 5.56 Å². The molecule has 0 saturated heterocycles. The fourth-order valence-electron chi connectivity index (χ4n) is 1.57. The number of aryl methyl sites for hydroxylation is 1. The molecule has 0 saturated carbocycles. The normalized spacial score (nSPS) is 11.7. The Kier molecular flexibility index (Phi) is 4.88. The summed E-state index contributed by atoms with van der Waals surface area (Å²) in [6, 6.07) is 8.23. The second-order valence-corrected chi connectivity index (χ2v) is 3.73. The number of benzene rings is 1. The SMILES string of the molecule is CCCC(N)=Nc1ccccc1CCC. The molecule has 0 amide bonds. The van der Waals surface area contributed by atoms with E-state index in [0.29, 0.717) is 0 Å². The first kappa shape index (κ1) is 11.8. The van der Waals surface area contributed by atoms with Crippen LogP contribution in [0.15, 0.2) is 29.3 Å². The molecule has 82 valence electrons. The maximum absolute atomic E-state index is 5.83. The molecule has 0 aliphatic heterocycles. The summed E-state index contributed by atoms with van der Waals surface area (Å²) in [5.74, 6) is 0.737. The number of aliphatic imine (C=N–C) groups is 1. The highest BCUT2D eigenvalue weighted by Gasteiger charge is 1.99. The third kappa shape index (κ3) is 3.74. The highest BCUT2D eigenvalue weighted by atomic mass is 14.9. The van der Waals surface area contributed by atoms with Gasteiger partial charge in [-0.1, -0.05) is 38.5 Å². The van der Waals surface area contributed by atoms with Crippen molar-refractivity contribution >= 4 is 11.5 Å². The summed E-state index contributed by atoms with van der Waals surface area (Å²) in [5.41, 5.74) is 8.15. The van der Waals surface area contributed by atoms with E-state index >= 15 is 0 Å². The van der Waals surface area contributed by atoms with Crippen LogP contribution >= 0.6 is 0 Å². The number of para-hydroxylation sites is 1. The van der Waals surface area contributed by atoms with Crippen LogP contribution in [0, 0.1) is 0 Å². The van der Waals surface area contributed by atoms with Crippen molar-refractivity contribution in [2.75, 3.05) is 0 Å². The lowest BCUT2D eigenvalue weighted by molar-refractivity contribution is 0.920. The van der Waals surface area contributed by atoms with Gasteiger partial charge in [0.2, 0.25) is 0 Å². The number of hydrogen-bond acceptors (Lipinski definition) is 1. The molecule has 1 rings (SSSR count). The van der Waals surface area contributed by atoms with Crippen molar-refractivity contribution in [1.29, 1.82) is 0 Å². The molecule has 1 aromatic carbocycles. The molecule has 0 radical (unpaired) electrons. The van der Waals surface area contributed by atoms with Crippen molar-refractivity contribution in [1.82, 2.24) is 0 Å². The lowest BCUT2D eigenvalue weighted by Crippen LogP contribution is -2.10. The highest BCUT2D eigenvalue weighted by molar-refractivity contribution is 5.83. The predicted molar refractivity (Wildman–Crippen MR) is 66.6 cm³/mol. The molecule has 0 aliphatic carbocycles. The van der Waals surface area contributed by atoms with Crippen LogP contribution in [0.25, 0.3) is 0 Å². The molecule has 0 unspecified atom stereocenters. The van der Waals surface area contributed by atoms with Crippen LogP contribution < -0.4 is 5.73 Å². The van der Waals surface area contributed by atoms with Crippen molar-refractivity contribution in [3.8, 4) is 0 Å². The van der Waals surface area contributed by atoms with E-state index in [0.717, 1.165) is 37.2 Å². The monoisotopic (exact) mass is 204 g/mol. The molecule has 15 heavy (non-hydrogen) atoms. The summed E-state index contributed by atoms with van der Waals surface area (Å²) in [4.78, 5) is 4.46. The lowest BCUT2D eigenvalue weighted by Gasteiger charge is -2.05. The van der Waals surface area contributed by atoms with Gasteiger partial charge in [-0.2, -0.15) is 0 Å². The first-order valence-corrected chi connectivity index (χ1v) is 5.68. The Hall–Kier alpha value is -1.31. The number of nitrogens with zero attached hydrogens (tertiary/aromatic N) is 1. The summed E-state index contributed by atoms with van der Waals surface area (Å²) < 4.78 is 0. The van der Waals surface area contributed by atoms with Crippen LogP contribution in [0.4, 0.5) is 5.69 Å². The van der Waals surface area contributed by atoms with Gasteiger partial charge in [0.05, 0.1) is 11.5 Å². The van der Waals surface area contributed by atoms with Gasteiger partial charge in [0, 0.05) is 6.42 Å². The van der Waals surface area contributed by atoms with Crippen molar-refractivity contribution < 1.29 is 0 Å². The van der Waals surface area contributed by atoms with E-state index in [1.807, 2.05) is 12.1 Å². The van der Waals surface area contributed by atoms with Crippen LogP contribution in [0.3, 0.4) is 0 Å². The summed E-state index contributed by atoms with van der Waals surface area (Å²) in [5, 5.41) is 0. The maximum atomic E-state index is 5.83. The summed E-state index contributed by atoms with van der Waals surface area (Å²) in [6.45, 7) is 4.29. The smallest absolute Gasteiger partial charge is 0.0996 e. The first-order valence-electron chi connectivity index (χ1n) is 5.68. The highest BCUT2D eigenvalue weighted by Crippen LogP contribution is 2.20. The fraction of sp³-hybridized carbons (Fsp3) is 0.462. The van der Waals surface area contributed by atoms with Crippen LogP contribution in [0.5, 0.6) is 0 Å². The minimum Gasteiger partial charge on any atom is -0.387 e. The van der Waals surface area contributed by atoms with E-state index in [2.05, 4.69) is 31.0 Å². The number of nitrogens with two attached hydrogens (primary N) is 1. The van der Waals surface area contributed by atoms with E-state index < -0.39 is 0 Å². The molecule has 0 spiro atoms. The molecule has 2 heteroatoms. The maximum Gasteiger partial charge on any atom is 0.0996 e. The molecule has 2 nitrogen and oxygen atoms in total. The topological polar surface area (TPSA) is 38.4 Å². The van der Waals surface area contributed by atoms with E-state index in [1.54, 1.807) is 0 Å². The molecule has 1 aromatic rings. The Morgan fingerprint density at radius 3 is 2.60 bits per heavy atom. The number of rotatable bonds is 5. The van der Waals surface area contributed by atoms with Crippen LogP contribution in [0.2, 0.25) is 0 Å². The Labute approximate surface area is 92.2 Å². The summed E-state index contributed by atoms with van der Waals surface area (Å²) >= 11 is 0. The minimum absolute atomic E-state index is 0.737. The largest absolute Gasteiger partial charge is 0.387 e. The second kappa shape index (κ2) is 6.23.